The lowest BCUT2D eigenvalue weighted by atomic mass is 10.1. The van der Waals surface area contributed by atoms with Crippen LogP contribution >= 0.6 is 11.8 Å². The molecule has 1 fully saturated rings. The first-order valence-corrected chi connectivity index (χ1v) is 8.44. The van der Waals surface area contributed by atoms with Gasteiger partial charge >= 0.3 is 0 Å². The maximum Gasteiger partial charge on any atom is 0.251 e. The number of nitrogens with one attached hydrogen (secondary N) is 1. The molecule has 1 saturated heterocycles. The maximum atomic E-state index is 12.2. The van der Waals surface area contributed by atoms with Gasteiger partial charge in [-0.3, -0.25) is 4.79 Å². The summed E-state index contributed by atoms with van der Waals surface area (Å²) in [7, 11) is 0. The standard InChI is InChI=1S/C17H21NO2S/c19-10-3-1-6-14-7-5-8-15(12-14)17(20)18-13-16-9-2-4-11-21-16/h5,7-8,12,16,19H,2-4,9-11,13H2,(H,18,20). The van der Waals surface area contributed by atoms with Gasteiger partial charge in [0, 0.05) is 29.3 Å². The molecular weight excluding hydrogens is 282 g/mol. The van der Waals surface area contributed by atoms with Crippen LogP contribution in [0.1, 0.15) is 41.6 Å². The van der Waals surface area contributed by atoms with Crippen LogP contribution in [0.5, 0.6) is 0 Å². The Kier molecular flexibility index (Phi) is 6.65. The van der Waals surface area contributed by atoms with Gasteiger partial charge in [-0.1, -0.05) is 24.3 Å². The summed E-state index contributed by atoms with van der Waals surface area (Å²) in [4.78, 5) is 12.2. The second-order valence-corrected chi connectivity index (χ2v) is 6.46. The lowest BCUT2D eigenvalue weighted by Gasteiger charge is -2.21. The summed E-state index contributed by atoms with van der Waals surface area (Å²) >= 11 is 1.96. The van der Waals surface area contributed by atoms with Crippen LogP contribution in [0.3, 0.4) is 0 Å². The second kappa shape index (κ2) is 8.76. The molecule has 4 heteroatoms. The summed E-state index contributed by atoms with van der Waals surface area (Å²) < 4.78 is 0. The van der Waals surface area contributed by atoms with Crippen molar-refractivity contribution in [2.24, 2.45) is 0 Å². The smallest absolute Gasteiger partial charge is 0.251 e. The van der Waals surface area contributed by atoms with Gasteiger partial charge in [0.25, 0.3) is 5.91 Å². The lowest BCUT2D eigenvalue weighted by Crippen LogP contribution is -2.31. The third-order valence-corrected chi connectivity index (χ3v) is 4.76. The van der Waals surface area contributed by atoms with Crippen LogP contribution < -0.4 is 5.32 Å². The molecule has 3 nitrogen and oxygen atoms in total. The molecule has 1 aliphatic heterocycles. The van der Waals surface area contributed by atoms with E-state index in [0.29, 0.717) is 17.2 Å². The number of amides is 1. The highest BCUT2D eigenvalue weighted by molar-refractivity contribution is 7.99. The highest BCUT2D eigenvalue weighted by atomic mass is 32.2. The fourth-order valence-corrected chi connectivity index (χ4v) is 3.47. The van der Waals surface area contributed by atoms with E-state index in [0.717, 1.165) is 12.1 Å². The van der Waals surface area contributed by atoms with Gasteiger partial charge < -0.3 is 10.4 Å². The minimum absolute atomic E-state index is 0.0352. The second-order valence-electron chi connectivity index (χ2n) is 5.05. The summed E-state index contributed by atoms with van der Waals surface area (Å²) in [5.74, 6) is 6.99. The molecule has 0 spiro atoms. The van der Waals surface area contributed by atoms with Crippen LogP contribution in [0.4, 0.5) is 0 Å². The van der Waals surface area contributed by atoms with E-state index in [2.05, 4.69) is 17.2 Å². The van der Waals surface area contributed by atoms with Crippen molar-refractivity contribution in [3.05, 3.63) is 35.4 Å². The third kappa shape index (κ3) is 5.45. The van der Waals surface area contributed by atoms with E-state index in [4.69, 9.17) is 5.11 Å². The number of rotatable bonds is 4. The van der Waals surface area contributed by atoms with Crippen LogP contribution in [0.15, 0.2) is 24.3 Å². The number of hydrogen-bond acceptors (Lipinski definition) is 3. The first-order valence-electron chi connectivity index (χ1n) is 7.39. The fraction of sp³-hybridized carbons (Fsp3) is 0.471. The molecule has 2 rings (SSSR count). The maximum absolute atomic E-state index is 12.2. The predicted octanol–water partition coefficient (Wildman–Crippen LogP) is 2.44. The Morgan fingerprint density at radius 1 is 1.43 bits per heavy atom. The molecular formula is C17H21NO2S. The van der Waals surface area contributed by atoms with E-state index >= 15 is 0 Å². The molecule has 0 saturated carbocycles. The molecule has 0 radical (unpaired) electrons. The first kappa shape index (κ1) is 15.9. The van der Waals surface area contributed by atoms with Gasteiger partial charge in [-0.2, -0.15) is 11.8 Å². The van der Waals surface area contributed by atoms with Crippen molar-refractivity contribution < 1.29 is 9.90 Å². The van der Waals surface area contributed by atoms with E-state index in [9.17, 15) is 4.79 Å². The van der Waals surface area contributed by atoms with Crippen LogP contribution in [0.2, 0.25) is 0 Å². The summed E-state index contributed by atoms with van der Waals surface area (Å²) in [6, 6.07) is 7.32. The van der Waals surface area contributed by atoms with Crippen LogP contribution in [0, 0.1) is 11.8 Å². The van der Waals surface area contributed by atoms with E-state index in [1.807, 2.05) is 23.9 Å². The van der Waals surface area contributed by atoms with Crippen molar-refractivity contribution in [1.82, 2.24) is 5.32 Å². The van der Waals surface area contributed by atoms with Gasteiger partial charge in [-0.05, 0) is 36.8 Å². The molecule has 0 aliphatic carbocycles. The Bertz CT molecular complexity index is 527. The minimum Gasteiger partial charge on any atom is -0.395 e. The largest absolute Gasteiger partial charge is 0.395 e. The molecule has 1 aliphatic rings. The van der Waals surface area contributed by atoms with Gasteiger partial charge in [0.1, 0.15) is 0 Å². The first-order chi connectivity index (χ1) is 10.3. The van der Waals surface area contributed by atoms with Crippen molar-refractivity contribution in [2.45, 2.75) is 30.9 Å². The summed E-state index contributed by atoms with van der Waals surface area (Å²) in [6.45, 7) is 0.802. The van der Waals surface area contributed by atoms with Crippen molar-refractivity contribution in [3.8, 4) is 11.8 Å². The van der Waals surface area contributed by atoms with Crippen LogP contribution in [-0.4, -0.2) is 35.2 Å². The minimum atomic E-state index is -0.0352. The molecule has 1 unspecified atom stereocenters. The molecule has 112 valence electrons. The highest BCUT2D eigenvalue weighted by Crippen LogP contribution is 2.24. The molecule has 1 atom stereocenters. The van der Waals surface area contributed by atoms with Crippen molar-refractivity contribution in [1.29, 1.82) is 0 Å². The number of thioether (sulfide) groups is 1. The van der Waals surface area contributed by atoms with Gasteiger partial charge in [0.2, 0.25) is 0 Å². The molecule has 1 amide bonds. The summed E-state index contributed by atoms with van der Waals surface area (Å²) in [5, 5.41) is 12.3. The normalized spacial score (nSPS) is 17.7. The molecule has 0 aromatic heterocycles. The quantitative estimate of drug-likeness (QED) is 0.840. The Morgan fingerprint density at radius 2 is 2.33 bits per heavy atom. The summed E-state index contributed by atoms with van der Waals surface area (Å²) in [5.41, 5.74) is 1.45. The van der Waals surface area contributed by atoms with Crippen molar-refractivity contribution >= 4 is 17.7 Å². The third-order valence-electron chi connectivity index (χ3n) is 3.36. The van der Waals surface area contributed by atoms with Crippen LogP contribution in [-0.2, 0) is 0 Å². The highest BCUT2D eigenvalue weighted by Gasteiger charge is 2.15. The zero-order valence-electron chi connectivity index (χ0n) is 12.1. The fourth-order valence-electron chi connectivity index (χ4n) is 2.24. The Labute approximate surface area is 130 Å². The van der Waals surface area contributed by atoms with Gasteiger partial charge in [-0.25, -0.2) is 0 Å². The van der Waals surface area contributed by atoms with Gasteiger partial charge in [-0.15, -0.1) is 0 Å². The molecule has 1 aromatic carbocycles. The molecule has 21 heavy (non-hydrogen) atoms. The Balaban J connectivity index is 1.89. The SMILES string of the molecule is O=C(NCC1CCCCS1)c1cccc(C#CCCO)c1. The summed E-state index contributed by atoms with van der Waals surface area (Å²) in [6.07, 6.45) is 4.21. The average Bonchev–Trinajstić information content (AvgIpc) is 2.54. The number of carbonyl (C=O) groups is 1. The van der Waals surface area contributed by atoms with E-state index in [-0.39, 0.29) is 12.5 Å². The van der Waals surface area contributed by atoms with Crippen molar-refractivity contribution in [3.63, 3.8) is 0 Å². The number of aliphatic hydroxyl groups is 1. The predicted molar refractivity (Wildman–Crippen MR) is 87.5 cm³/mol. The van der Waals surface area contributed by atoms with E-state index in [1.165, 1.54) is 25.0 Å². The molecule has 1 aromatic rings. The Morgan fingerprint density at radius 3 is 3.10 bits per heavy atom. The zero-order chi connectivity index (χ0) is 14.9. The zero-order valence-corrected chi connectivity index (χ0v) is 12.9. The number of hydrogen-bond donors (Lipinski definition) is 2. The number of benzene rings is 1. The molecule has 0 bridgehead atoms. The van der Waals surface area contributed by atoms with Gasteiger partial charge in [0.15, 0.2) is 0 Å². The molecule has 2 N–H and O–H groups in total. The van der Waals surface area contributed by atoms with Crippen molar-refractivity contribution in [2.75, 3.05) is 18.9 Å². The number of carbonyl (C=O) groups excluding carboxylic acids is 1. The monoisotopic (exact) mass is 303 g/mol. The van der Waals surface area contributed by atoms with Gasteiger partial charge in [0.05, 0.1) is 6.61 Å². The lowest BCUT2D eigenvalue weighted by molar-refractivity contribution is 0.0953. The average molecular weight is 303 g/mol. The molecule has 1 heterocycles. The van der Waals surface area contributed by atoms with E-state index < -0.39 is 0 Å². The number of aliphatic hydroxyl groups excluding tert-OH is 1. The Hall–Kier alpha value is -1.44. The van der Waals surface area contributed by atoms with E-state index in [1.54, 1.807) is 12.1 Å². The topological polar surface area (TPSA) is 49.3 Å². The van der Waals surface area contributed by atoms with Crippen LogP contribution in [0.25, 0.3) is 0 Å².